The van der Waals surface area contributed by atoms with Gasteiger partial charge in [-0.3, -0.25) is 0 Å². The van der Waals surface area contributed by atoms with Gasteiger partial charge in [0.1, 0.15) is 12.2 Å². The third-order valence-corrected chi connectivity index (χ3v) is 2.54. The van der Waals surface area contributed by atoms with E-state index in [9.17, 15) is 35.1 Å². The van der Waals surface area contributed by atoms with Gasteiger partial charge in [-0.1, -0.05) is 0 Å². The first-order valence-electron chi connectivity index (χ1n) is 4.64. The minimum atomic E-state index is -5.39. The van der Waals surface area contributed by atoms with Gasteiger partial charge in [-0.05, 0) is 0 Å². The quantitative estimate of drug-likeness (QED) is 0.523. The Morgan fingerprint density at radius 3 is 1.16 bits per heavy atom. The molecule has 4 atom stereocenters. The van der Waals surface area contributed by atoms with Crippen molar-refractivity contribution in [3.05, 3.63) is 0 Å². The highest BCUT2D eigenvalue weighted by Crippen LogP contribution is 2.32. The van der Waals surface area contributed by atoms with E-state index in [1.54, 1.807) is 0 Å². The van der Waals surface area contributed by atoms with Crippen LogP contribution in [0.3, 0.4) is 0 Å². The molecule has 0 spiro atoms. The summed E-state index contributed by atoms with van der Waals surface area (Å²) in [6, 6.07) is 0. The summed E-state index contributed by atoms with van der Waals surface area (Å²) in [6.07, 6.45) is -23.0. The molecule has 0 aliphatic rings. The number of halogens is 10. The van der Waals surface area contributed by atoms with E-state index in [1.807, 2.05) is 0 Å². The second kappa shape index (κ2) is 7.12. The molecule has 0 fully saturated rings. The van der Waals surface area contributed by atoms with Crippen LogP contribution in [0.1, 0.15) is 0 Å². The highest BCUT2D eigenvalue weighted by Gasteiger charge is 2.50. The van der Waals surface area contributed by atoms with Crippen molar-refractivity contribution in [2.45, 2.75) is 36.9 Å². The molecule has 0 saturated heterocycles. The first-order chi connectivity index (χ1) is 8.45. The highest BCUT2D eigenvalue weighted by atomic mass is 35.5. The van der Waals surface area contributed by atoms with Gasteiger partial charge >= 0.3 is 12.4 Å². The summed E-state index contributed by atoms with van der Waals surface area (Å²) in [4.78, 5) is 0. The van der Waals surface area contributed by atoms with Crippen LogP contribution in [-0.4, -0.2) is 48.7 Å². The zero-order chi connectivity index (χ0) is 15.4. The van der Waals surface area contributed by atoms with Crippen molar-refractivity contribution in [2.24, 2.45) is 0 Å². The summed E-state index contributed by atoms with van der Waals surface area (Å²) in [7, 11) is 0. The second-order valence-electron chi connectivity index (χ2n) is 3.41. The molecular weight excluding hydrogens is 335 g/mol. The summed E-state index contributed by atoms with van der Waals surface area (Å²) in [5, 5.41) is 0. The van der Waals surface area contributed by atoms with Crippen LogP contribution in [0, 0.1) is 0 Å². The van der Waals surface area contributed by atoms with Crippen LogP contribution in [0.15, 0.2) is 0 Å². The molecule has 11 heteroatoms. The maximum absolute atomic E-state index is 12.8. The van der Waals surface area contributed by atoms with Crippen molar-refractivity contribution in [1.29, 1.82) is 0 Å². The van der Waals surface area contributed by atoms with Crippen LogP contribution < -0.4 is 0 Å². The van der Waals surface area contributed by atoms with Gasteiger partial charge in [0.15, 0.2) is 0 Å². The lowest BCUT2D eigenvalue weighted by Gasteiger charge is -2.28. The molecule has 19 heavy (non-hydrogen) atoms. The Hall–Kier alpha value is -0.0200. The Labute approximate surface area is 112 Å². The zero-order valence-electron chi connectivity index (χ0n) is 8.91. The van der Waals surface area contributed by atoms with Gasteiger partial charge < -0.3 is 4.74 Å². The molecule has 0 amide bonds. The van der Waals surface area contributed by atoms with Crippen molar-refractivity contribution >= 4 is 23.2 Å². The maximum atomic E-state index is 12.8. The summed E-state index contributed by atoms with van der Waals surface area (Å²) in [5.41, 5.74) is 0. The topological polar surface area (TPSA) is 9.23 Å². The van der Waals surface area contributed by atoms with E-state index < -0.39 is 48.7 Å². The number of hydrogen-bond donors (Lipinski definition) is 0. The summed E-state index contributed by atoms with van der Waals surface area (Å²) >= 11 is 9.95. The van der Waals surface area contributed by atoms with Gasteiger partial charge in [-0.15, -0.1) is 23.2 Å². The van der Waals surface area contributed by atoms with Crippen molar-refractivity contribution in [1.82, 2.24) is 0 Å². The van der Waals surface area contributed by atoms with Gasteiger partial charge in [0.25, 0.3) is 0 Å². The van der Waals surface area contributed by atoms with E-state index in [0.29, 0.717) is 0 Å². The van der Waals surface area contributed by atoms with Gasteiger partial charge in [0.05, 0.1) is 11.8 Å². The molecule has 1 nitrogen and oxygen atoms in total. The van der Waals surface area contributed by atoms with E-state index in [4.69, 9.17) is 23.2 Å². The number of ether oxygens (including phenoxy) is 1. The van der Waals surface area contributed by atoms with E-state index in [-0.39, 0.29) is 0 Å². The summed E-state index contributed by atoms with van der Waals surface area (Å²) in [5.74, 6) is -2.22. The molecule has 0 rings (SSSR count). The predicted molar refractivity (Wildman–Crippen MR) is 52.0 cm³/mol. The summed E-state index contributed by atoms with van der Waals surface area (Å²) < 4.78 is 102. The first kappa shape index (κ1) is 19.0. The second-order valence-corrected chi connectivity index (χ2v) is 4.03. The molecule has 116 valence electrons. The maximum Gasteiger partial charge on any atom is 0.422 e. The molecule has 0 N–H and O–H groups in total. The first-order valence-corrected chi connectivity index (χ1v) is 5.71. The normalized spacial score (nSPS) is 19.9. The lowest BCUT2D eigenvalue weighted by molar-refractivity contribution is -0.240. The SMILES string of the molecule is FC(C(CCl)OC(CCl)C(F)C(F)(F)F)C(F)(F)F. The molecule has 0 radical (unpaired) electrons. The standard InChI is InChI=1S/C8H8Cl2F8O/c9-1-3(5(11)7(13,14)15)19-4(2-10)6(12)8(16,17)18/h3-6H,1-2H2. The van der Waals surface area contributed by atoms with Gasteiger partial charge in [-0.2, -0.15) is 26.3 Å². The van der Waals surface area contributed by atoms with Crippen LogP contribution in [0.2, 0.25) is 0 Å². The lowest BCUT2D eigenvalue weighted by atomic mass is 10.2. The molecular formula is C8H8Cl2F8O. The van der Waals surface area contributed by atoms with Crippen LogP contribution in [0.4, 0.5) is 35.1 Å². The Morgan fingerprint density at radius 1 is 0.737 bits per heavy atom. The number of rotatable bonds is 6. The molecule has 0 aromatic rings. The average molecular weight is 343 g/mol. The highest BCUT2D eigenvalue weighted by molar-refractivity contribution is 6.18. The van der Waals surface area contributed by atoms with E-state index >= 15 is 0 Å². The van der Waals surface area contributed by atoms with Crippen molar-refractivity contribution < 1.29 is 39.9 Å². The monoisotopic (exact) mass is 342 g/mol. The number of hydrogen-bond acceptors (Lipinski definition) is 1. The van der Waals surface area contributed by atoms with E-state index in [1.165, 1.54) is 0 Å². The molecule has 0 aliphatic carbocycles. The van der Waals surface area contributed by atoms with E-state index in [0.717, 1.165) is 0 Å². The average Bonchev–Trinajstić information content (AvgIpc) is 2.26. The van der Waals surface area contributed by atoms with Gasteiger partial charge in [0.2, 0.25) is 12.3 Å². The predicted octanol–water partition coefficient (Wildman–Crippen LogP) is 4.02. The smallest absolute Gasteiger partial charge is 0.366 e. The molecule has 0 aromatic carbocycles. The third-order valence-electron chi connectivity index (χ3n) is 1.93. The van der Waals surface area contributed by atoms with E-state index in [2.05, 4.69) is 4.74 Å². The van der Waals surface area contributed by atoms with Crippen molar-refractivity contribution in [3.63, 3.8) is 0 Å². The Kier molecular flexibility index (Phi) is 7.11. The van der Waals surface area contributed by atoms with Crippen LogP contribution in [0.5, 0.6) is 0 Å². The Bertz CT molecular complexity index is 242. The van der Waals surface area contributed by atoms with Crippen molar-refractivity contribution in [3.8, 4) is 0 Å². The fourth-order valence-corrected chi connectivity index (χ4v) is 1.47. The third kappa shape index (κ3) is 5.86. The molecule has 0 saturated carbocycles. The Balaban J connectivity index is 4.84. The van der Waals surface area contributed by atoms with Crippen LogP contribution >= 0.6 is 23.2 Å². The minimum Gasteiger partial charge on any atom is -0.366 e. The molecule has 0 aromatic heterocycles. The molecule has 0 aliphatic heterocycles. The Morgan fingerprint density at radius 2 is 1.00 bits per heavy atom. The molecule has 4 unspecified atom stereocenters. The largest absolute Gasteiger partial charge is 0.422 e. The fraction of sp³-hybridized carbons (Fsp3) is 1.00. The lowest BCUT2D eigenvalue weighted by Crippen LogP contribution is -2.46. The van der Waals surface area contributed by atoms with Gasteiger partial charge in [-0.25, -0.2) is 8.78 Å². The molecule has 0 bridgehead atoms. The van der Waals surface area contributed by atoms with Crippen LogP contribution in [-0.2, 0) is 4.74 Å². The fourth-order valence-electron chi connectivity index (χ4n) is 1.01. The van der Waals surface area contributed by atoms with Crippen molar-refractivity contribution in [2.75, 3.05) is 11.8 Å². The molecule has 0 heterocycles. The number of alkyl halides is 10. The van der Waals surface area contributed by atoms with Crippen LogP contribution in [0.25, 0.3) is 0 Å². The zero-order valence-corrected chi connectivity index (χ0v) is 10.4. The van der Waals surface area contributed by atoms with Gasteiger partial charge in [0, 0.05) is 0 Å². The minimum absolute atomic E-state index is 1.11. The summed E-state index contributed by atoms with van der Waals surface area (Å²) in [6.45, 7) is 0.